The van der Waals surface area contributed by atoms with Crippen LogP contribution in [0.3, 0.4) is 0 Å². The minimum Gasteiger partial charge on any atom is -0.426 e. The lowest BCUT2D eigenvalue weighted by Crippen LogP contribution is -2.15. The molecule has 0 bridgehead atoms. The van der Waals surface area contributed by atoms with Crippen molar-refractivity contribution in [3.8, 4) is 0 Å². The van der Waals surface area contributed by atoms with Crippen molar-refractivity contribution in [3.63, 3.8) is 0 Å². The summed E-state index contributed by atoms with van der Waals surface area (Å²) in [5.41, 5.74) is 2.70. The Morgan fingerprint density at radius 3 is 2.26 bits per heavy atom. The third-order valence-electron chi connectivity index (χ3n) is 4.48. The SMILES string of the molecule is C=C(/C=C1\C(=C)C2=C(C=C(OC(=O)C(=C)F)CC2)C1(C)C)OC(=O)C(=C)F. The molecule has 6 heteroatoms. The molecular formula is C21H20F2O4. The van der Waals surface area contributed by atoms with E-state index in [4.69, 9.17) is 9.47 Å². The van der Waals surface area contributed by atoms with E-state index in [0.717, 1.165) is 22.3 Å². The fourth-order valence-electron chi connectivity index (χ4n) is 3.15. The van der Waals surface area contributed by atoms with E-state index in [1.165, 1.54) is 6.08 Å². The van der Waals surface area contributed by atoms with Crippen molar-refractivity contribution in [2.75, 3.05) is 0 Å². The predicted octanol–water partition coefficient (Wildman–Crippen LogP) is 5.05. The lowest BCUT2D eigenvalue weighted by Gasteiger charge is -2.25. The molecule has 2 aliphatic rings. The minimum absolute atomic E-state index is 0.0489. The molecule has 0 aromatic heterocycles. The molecule has 0 amide bonds. The molecule has 0 aromatic carbocycles. The van der Waals surface area contributed by atoms with Crippen LogP contribution >= 0.6 is 0 Å². The van der Waals surface area contributed by atoms with E-state index in [-0.39, 0.29) is 5.76 Å². The molecule has 0 heterocycles. The first kappa shape index (κ1) is 20.3. The number of hydrogen-bond donors (Lipinski definition) is 0. The van der Waals surface area contributed by atoms with Crippen LogP contribution in [0.25, 0.3) is 0 Å². The topological polar surface area (TPSA) is 52.6 Å². The number of rotatable bonds is 5. The minimum atomic E-state index is -1.22. The van der Waals surface area contributed by atoms with E-state index >= 15 is 0 Å². The highest BCUT2D eigenvalue weighted by atomic mass is 19.1. The van der Waals surface area contributed by atoms with Crippen LogP contribution in [0.1, 0.15) is 26.7 Å². The summed E-state index contributed by atoms with van der Waals surface area (Å²) in [6, 6.07) is 0. The van der Waals surface area contributed by atoms with Crippen molar-refractivity contribution in [2.24, 2.45) is 5.41 Å². The maximum absolute atomic E-state index is 12.9. The maximum Gasteiger partial charge on any atom is 0.371 e. The van der Waals surface area contributed by atoms with Gasteiger partial charge in [0.1, 0.15) is 11.5 Å². The van der Waals surface area contributed by atoms with Crippen LogP contribution in [0.5, 0.6) is 0 Å². The van der Waals surface area contributed by atoms with E-state index in [9.17, 15) is 18.4 Å². The molecule has 0 aliphatic heterocycles. The third kappa shape index (κ3) is 4.05. The molecule has 142 valence electrons. The monoisotopic (exact) mass is 374 g/mol. The lowest BCUT2D eigenvalue weighted by molar-refractivity contribution is -0.137. The molecule has 0 atom stereocenters. The van der Waals surface area contributed by atoms with Gasteiger partial charge in [-0.15, -0.1) is 0 Å². The Labute approximate surface area is 156 Å². The fraction of sp³-hybridized carbons (Fsp3) is 0.238. The molecule has 2 rings (SSSR count). The molecule has 0 aromatic rings. The fourth-order valence-corrected chi connectivity index (χ4v) is 3.15. The first-order valence-corrected chi connectivity index (χ1v) is 8.13. The van der Waals surface area contributed by atoms with E-state index in [0.29, 0.717) is 18.6 Å². The molecule has 2 aliphatic carbocycles. The second kappa shape index (κ2) is 7.31. The second-order valence-corrected chi connectivity index (χ2v) is 6.72. The van der Waals surface area contributed by atoms with Crippen LogP contribution in [0.2, 0.25) is 0 Å². The van der Waals surface area contributed by atoms with Gasteiger partial charge in [0.25, 0.3) is 0 Å². The molecule has 0 radical (unpaired) electrons. The molecule has 0 spiro atoms. The van der Waals surface area contributed by atoms with Crippen LogP contribution in [-0.2, 0) is 19.1 Å². The van der Waals surface area contributed by atoms with E-state index < -0.39 is 29.0 Å². The van der Waals surface area contributed by atoms with Gasteiger partial charge in [-0.3, -0.25) is 0 Å². The number of carbonyl (C=O) groups is 2. The van der Waals surface area contributed by atoms with Crippen molar-refractivity contribution in [3.05, 3.63) is 83.9 Å². The largest absolute Gasteiger partial charge is 0.426 e. The highest BCUT2D eigenvalue weighted by Crippen LogP contribution is 2.53. The molecule has 0 unspecified atom stereocenters. The standard InChI is InChI=1S/C21H20F2O4/c1-11(26-19(24)13(3)22)9-17-12(2)16-8-7-15(27-20(25)14(4)23)10-18(16)21(17,5)6/h9-10H,1-4,7-8H2,5-6H3/b17-9+. The first-order valence-electron chi connectivity index (χ1n) is 8.13. The Morgan fingerprint density at radius 1 is 1.11 bits per heavy atom. The number of allylic oxidation sites excluding steroid dienone is 7. The molecule has 0 fully saturated rings. The molecule has 0 saturated carbocycles. The summed E-state index contributed by atoms with van der Waals surface area (Å²) in [6.45, 7) is 17.3. The number of esters is 2. The number of ether oxygens (including phenoxy) is 2. The number of hydrogen-bond acceptors (Lipinski definition) is 4. The van der Waals surface area contributed by atoms with Crippen LogP contribution in [0.4, 0.5) is 8.78 Å². The normalized spacial score (nSPS) is 19.3. The predicted molar refractivity (Wildman–Crippen MR) is 97.2 cm³/mol. The van der Waals surface area contributed by atoms with Gasteiger partial charge in [0, 0.05) is 11.8 Å². The maximum atomic E-state index is 12.9. The van der Waals surface area contributed by atoms with Crippen molar-refractivity contribution in [2.45, 2.75) is 26.7 Å². The summed E-state index contributed by atoms with van der Waals surface area (Å²) in [4.78, 5) is 22.7. The summed E-state index contributed by atoms with van der Waals surface area (Å²) in [6.07, 6.45) is 4.15. The number of carbonyl (C=O) groups excluding carboxylic acids is 2. The first-order chi connectivity index (χ1) is 12.4. The van der Waals surface area contributed by atoms with Gasteiger partial charge < -0.3 is 9.47 Å². The summed E-state index contributed by atoms with van der Waals surface area (Å²) in [7, 11) is 0. The second-order valence-electron chi connectivity index (χ2n) is 6.72. The summed E-state index contributed by atoms with van der Waals surface area (Å²) >= 11 is 0. The van der Waals surface area contributed by atoms with Crippen LogP contribution in [0, 0.1) is 5.41 Å². The summed E-state index contributed by atoms with van der Waals surface area (Å²) in [5, 5.41) is 0. The van der Waals surface area contributed by atoms with Crippen LogP contribution < -0.4 is 0 Å². The van der Waals surface area contributed by atoms with Gasteiger partial charge in [-0.25, -0.2) is 9.59 Å². The summed E-state index contributed by atoms with van der Waals surface area (Å²) in [5.74, 6) is -4.44. The van der Waals surface area contributed by atoms with Crippen molar-refractivity contribution in [1.29, 1.82) is 0 Å². The van der Waals surface area contributed by atoms with E-state index in [1.54, 1.807) is 6.08 Å². The zero-order chi connectivity index (χ0) is 20.5. The van der Waals surface area contributed by atoms with Crippen molar-refractivity contribution >= 4 is 11.9 Å². The smallest absolute Gasteiger partial charge is 0.371 e. The Hall–Kier alpha value is -3.02. The lowest BCUT2D eigenvalue weighted by atomic mass is 9.79. The highest BCUT2D eigenvalue weighted by Gasteiger charge is 2.40. The highest BCUT2D eigenvalue weighted by molar-refractivity contribution is 5.86. The average Bonchev–Trinajstić information content (AvgIpc) is 2.75. The van der Waals surface area contributed by atoms with Gasteiger partial charge in [0.15, 0.2) is 0 Å². The van der Waals surface area contributed by atoms with E-state index in [1.807, 2.05) is 13.8 Å². The molecule has 0 N–H and O–H groups in total. The molecule has 0 saturated heterocycles. The van der Waals surface area contributed by atoms with Crippen LogP contribution in [0.15, 0.2) is 83.9 Å². The van der Waals surface area contributed by atoms with Gasteiger partial charge in [0.05, 0.1) is 0 Å². The zero-order valence-electron chi connectivity index (χ0n) is 15.3. The van der Waals surface area contributed by atoms with Crippen molar-refractivity contribution in [1.82, 2.24) is 0 Å². The Bertz CT molecular complexity index is 882. The molecule has 27 heavy (non-hydrogen) atoms. The summed E-state index contributed by atoms with van der Waals surface area (Å²) < 4.78 is 35.5. The van der Waals surface area contributed by atoms with Gasteiger partial charge >= 0.3 is 11.9 Å². The van der Waals surface area contributed by atoms with Gasteiger partial charge in [-0.2, -0.15) is 8.78 Å². The van der Waals surface area contributed by atoms with Crippen LogP contribution in [-0.4, -0.2) is 11.9 Å². The Kier molecular flexibility index (Phi) is 5.49. The van der Waals surface area contributed by atoms with E-state index in [2.05, 4.69) is 26.3 Å². The van der Waals surface area contributed by atoms with Crippen molar-refractivity contribution < 1.29 is 27.8 Å². The average molecular weight is 374 g/mol. The molecule has 4 nitrogen and oxygen atoms in total. The quantitative estimate of drug-likeness (QED) is 0.384. The Balaban J connectivity index is 2.31. The zero-order valence-corrected chi connectivity index (χ0v) is 15.3. The number of halogens is 2. The molecular weight excluding hydrogens is 354 g/mol. The van der Waals surface area contributed by atoms with Gasteiger partial charge in [0.2, 0.25) is 11.7 Å². The van der Waals surface area contributed by atoms with Gasteiger partial charge in [-0.1, -0.05) is 40.2 Å². The third-order valence-corrected chi connectivity index (χ3v) is 4.48. The Morgan fingerprint density at radius 2 is 1.70 bits per heavy atom. The van der Waals surface area contributed by atoms with Gasteiger partial charge in [-0.05, 0) is 40.9 Å².